The second-order valence-electron chi connectivity index (χ2n) is 16.4. The highest BCUT2D eigenvalue weighted by Gasteiger charge is 2.52. The van der Waals surface area contributed by atoms with Crippen LogP contribution < -0.4 is 5.46 Å². The molecule has 0 aliphatic carbocycles. The van der Waals surface area contributed by atoms with Crippen molar-refractivity contribution in [1.82, 2.24) is 0 Å². The maximum atomic E-state index is 6.37. The summed E-state index contributed by atoms with van der Waals surface area (Å²) in [5, 5.41) is 5.36. The molecule has 4 nitrogen and oxygen atoms in total. The fraction of sp³-hybridized carbons (Fsp3) is 0.143. The molecule has 10 aromatic rings. The summed E-state index contributed by atoms with van der Waals surface area (Å²) in [4.78, 5) is 0. The topological polar surface area (TPSA) is 44.7 Å². The van der Waals surface area contributed by atoms with Gasteiger partial charge in [-0.1, -0.05) is 197 Å². The normalized spacial score (nSPS) is 13.7. The van der Waals surface area contributed by atoms with Gasteiger partial charge in [0.05, 0.1) is 21.2 Å². The van der Waals surface area contributed by atoms with Gasteiger partial charge in [0.2, 0.25) is 0 Å². The molecule has 0 saturated carbocycles. The highest BCUT2D eigenvalue weighted by Crippen LogP contribution is 2.44. The van der Waals surface area contributed by atoms with Crippen LogP contribution in [0.5, 0.6) is 0 Å². The molecule has 2 aromatic heterocycles. The van der Waals surface area contributed by atoms with Crippen molar-refractivity contribution in [2.24, 2.45) is 0 Å². The smallest absolute Gasteiger partial charge is 0.455 e. The molecule has 10 heteroatoms. The first kappa shape index (κ1) is 49.5. The number of para-hydroxylation sites is 2. The Morgan fingerprint density at radius 2 is 0.833 bits per heavy atom. The first-order valence-corrected chi connectivity index (χ1v) is 24.1. The second-order valence-corrected chi connectivity index (χ2v) is 20.1. The van der Waals surface area contributed by atoms with Crippen LogP contribution in [0.15, 0.2) is 188 Å². The molecule has 0 bridgehead atoms. The van der Waals surface area contributed by atoms with Gasteiger partial charge < -0.3 is 18.1 Å². The third kappa shape index (κ3) is 9.53. The maximum absolute atomic E-state index is 6.37. The fourth-order valence-corrected chi connectivity index (χ4v) is 10.1. The summed E-state index contributed by atoms with van der Waals surface area (Å²) < 4.78 is 27.9. The Labute approximate surface area is 428 Å². The molecule has 0 spiro atoms. The van der Waals surface area contributed by atoms with Gasteiger partial charge in [-0.05, 0) is 132 Å². The molecule has 66 heavy (non-hydrogen) atoms. The number of halogens is 5. The predicted octanol–water partition coefficient (Wildman–Crippen LogP) is 18.9. The zero-order valence-electron chi connectivity index (χ0n) is 35.3. The molecular formula is C56H48BBr2Cl2IO4. The van der Waals surface area contributed by atoms with E-state index in [0.717, 1.165) is 69.4 Å². The number of rotatable bonds is 4. The maximum Gasteiger partial charge on any atom is 0.495 e. The summed E-state index contributed by atoms with van der Waals surface area (Å²) in [5.41, 5.74) is 10.5. The molecule has 11 rings (SSSR count). The quantitative estimate of drug-likeness (QED) is 0.130. The molecule has 0 amide bonds. The molecule has 1 aliphatic rings. The van der Waals surface area contributed by atoms with E-state index in [-0.39, 0.29) is 26.1 Å². The lowest BCUT2D eigenvalue weighted by molar-refractivity contribution is 0.00578. The van der Waals surface area contributed by atoms with Crippen molar-refractivity contribution in [3.05, 3.63) is 192 Å². The van der Waals surface area contributed by atoms with Crippen molar-refractivity contribution in [2.45, 2.75) is 53.8 Å². The van der Waals surface area contributed by atoms with Crippen LogP contribution in [0.2, 0.25) is 10.0 Å². The lowest BCUT2D eigenvalue weighted by atomic mass is 9.76. The van der Waals surface area contributed by atoms with Gasteiger partial charge in [0.1, 0.15) is 11.2 Å². The van der Waals surface area contributed by atoms with Gasteiger partial charge in [-0.2, -0.15) is 0 Å². The minimum absolute atomic E-state index is 0. The Balaban J connectivity index is 0.000000152. The van der Waals surface area contributed by atoms with Crippen molar-refractivity contribution < 1.29 is 18.1 Å². The van der Waals surface area contributed by atoms with E-state index in [1.54, 1.807) is 0 Å². The monoisotopic (exact) mass is 1150 g/mol. The minimum Gasteiger partial charge on any atom is -0.455 e. The van der Waals surface area contributed by atoms with Gasteiger partial charge in [0, 0.05) is 34.1 Å². The predicted molar refractivity (Wildman–Crippen MR) is 298 cm³/mol. The lowest BCUT2D eigenvalue weighted by Gasteiger charge is -2.32. The zero-order valence-corrected chi connectivity index (χ0v) is 42.1. The van der Waals surface area contributed by atoms with Crippen LogP contribution in [0.3, 0.4) is 0 Å². The van der Waals surface area contributed by atoms with Crippen LogP contribution in [0.25, 0.3) is 77.3 Å². The van der Waals surface area contributed by atoms with Crippen LogP contribution in [0, 0.1) is 3.57 Å². The zero-order chi connectivity index (χ0) is 44.8. The lowest BCUT2D eigenvalue weighted by Crippen LogP contribution is -2.41. The van der Waals surface area contributed by atoms with E-state index in [1.807, 2.05) is 72.8 Å². The Hall–Kier alpha value is -4.39. The molecule has 1 saturated heterocycles. The van der Waals surface area contributed by atoms with Crippen molar-refractivity contribution >= 4 is 134 Å². The van der Waals surface area contributed by atoms with E-state index in [1.165, 1.54) is 20.3 Å². The molecule has 0 unspecified atom stereocenters. The van der Waals surface area contributed by atoms with Crippen LogP contribution in [0.4, 0.5) is 0 Å². The van der Waals surface area contributed by atoms with E-state index < -0.39 is 7.12 Å². The molecule has 3 heterocycles. The molecule has 334 valence electrons. The third-order valence-corrected chi connectivity index (χ3v) is 14.8. The third-order valence-electron chi connectivity index (χ3n) is 11.9. The van der Waals surface area contributed by atoms with Crippen LogP contribution in [-0.2, 0) is 9.31 Å². The SMILES string of the molecule is Brc1ccccc1-c1ccccc1I.C.C.CC1(C)OB(c2cccc3oc4c(Cl)cccc4c23)OC1(C)C.Clc1cccc2c1oc1cccc(-c3ccccc3-c3ccccc3Br)c12. The Kier molecular flexibility index (Phi) is 15.3. The highest BCUT2D eigenvalue weighted by molar-refractivity contribution is 14.1. The minimum atomic E-state index is -0.427. The van der Waals surface area contributed by atoms with E-state index in [9.17, 15) is 0 Å². The van der Waals surface area contributed by atoms with Gasteiger partial charge in [-0.3, -0.25) is 0 Å². The molecular weight excluding hydrogens is 1110 g/mol. The fourth-order valence-electron chi connectivity index (χ4n) is 8.04. The van der Waals surface area contributed by atoms with Crippen molar-refractivity contribution in [1.29, 1.82) is 0 Å². The standard InChI is InChI=1S/C24H14BrClO.C18H18BClO3.C12H8BrI.2CH4/c25-20-12-4-3-9-17(20)15-7-1-2-8-16(15)18-10-6-14-22-23(18)19-11-5-13-21(26)24(19)27-22;1-17(2)18(3,4)23-19(22-17)12-8-6-10-14-15(12)11-7-5-9-13(20)16(11)21-14;13-11-7-3-1-5-9(11)10-6-2-4-8-12(10)14;;/h1-14H;5-10H,1-4H3;1-8H;2*1H4. The molecule has 1 aliphatic heterocycles. The summed E-state index contributed by atoms with van der Waals surface area (Å²) in [6.07, 6.45) is 0. The van der Waals surface area contributed by atoms with E-state index >= 15 is 0 Å². The molecule has 0 atom stereocenters. The average molecular weight is 1150 g/mol. The number of hydrogen-bond donors (Lipinski definition) is 0. The van der Waals surface area contributed by atoms with Gasteiger partial charge in [0.15, 0.2) is 11.2 Å². The summed E-state index contributed by atoms with van der Waals surface area (Å²) in [7, 11) is -0.427. The Morgan fingerprint density at radius 3 is 1.36 bits per heavy atom. The molecule has 0 N–H and O–H groups in total. The Morgan fingerprint density at radius 1 is 0.439 bits per heavy atom. The van der Waals surface area contributed by atoms with Crippen molar-refractivity contribution in [3.63, 3.8) is 0 Å². The van der Waals surface area contributed by atoms with Gasteiger partial charge >= 0.3 is 7.12 Å². The molecule has 0 radical (unpaired) electrons. The summed E-state index contributed by atoms with van der Waals surface area (Å²) >= 11 is 22.3. The van der Waals surface area contributed by atoms with Gasteiger partial charge in [-0.15, -0.1) is 0 Å². The van der Waals surface area contributed by atoms with Crippen molar-refractivity contribution in [3.8, 4) is 33.4 Å². The number of benzene rings is 8. The van der Waals surface area contributed by atoms with Crippen LogP contribution >= 0.6 is 77.7 Å². The number of fused-ring (bicyclic) bond motifs is 6. The van der Waals surface area contributed by atoms with E-state index in [4.69, 9.17) is 41.3 Å². The summed E-state index contributed by atoms with van der Waals surface area (Å²) in [6, 6.07) is 57.2. The molecule has 1 fully saturated rings. The van der Waals surface area contributed by atoms with Crippen molar-refractivity contribution in [2.75, 3.05) is 0 Å². The van der Waals surface area contributed by atoms with Crippen LogP contribution in [-0.4, -0.2) is 18.3 Å². The largest absolute Gasteiger partial charge is 0.495 e. The number of furan rings is 2. The average Bonchev–Trinajstić information content (AvgIpc) is 3.94. The van der Waals surface area contributed by atoms with Gasteiger partial charge in [-0.25, -0.2) is 0 Å². The first-order chi connectivity index (χ1) is 30.8. The van der Waals surface area contributed by atoms with Gasteiger partial charge in [0.25, 0.3) is 0 Å². The summed E-state index contributed by atoms with van der Waals surface area (Å²) in [5.74, 6) is 0. The second kappa shape index (κ2) is 20.5. The molecule has 8 aromatic carbocycles. The summed E-state index contributed by atoms with van der Waals surface area (Å²) in [6.45, 7) is 8.21. The van der Waals surface area contributed by atoms with E-state index in [0.29, 0.717) is 15.6 Å². The first-order valence-electron chi connectivity index (χ1n) is 20.7. The Bertz CT molecular complexity index is 3280. The highest BCUT2D eigenvalue weighted by atomic mass is 127. The van der Waals surface area contributed by atoms with Crippen LogP contribution in [0.1, 0.15) is 42.5 Å². The van der Waals surface area contributed by atoms with E-state index in [2.05, 4.69) is 179 Å². The number of hydrogen-bond acceptors (Lipinski definition) is 4.